The van der Waals surface area contributed by atoms with Crippen LogP contribution in [-0.2, 0) is 0 Å². The first kappa shape index (κ1) is 26.7. The lowest BCUT2D eigenvalue weighted by atomic mass is 9.88. The van der Waals surface area contributed by atoms with Crippen LogP contribution in [-0.4, -0.2) is 83.0 Å². The molecule has 3 saturated heterocycles. The molecule has 0 aromatic heterocycles. The number of hydrogen-bond acceptors (Lipinski definition) is 4. The van der Waals surface area contributed by atoms with E-state index in [1.54, 1.807) is 0 Å². The van der Waals surface area contributed by atoms with Gasteiger partial charge in [-0.2, -0.15) is 5.01 Å². The average molecular weight is 511 g/mol. The number of β-amino-alcohol motifs (C(OH)–C–C–N with tert-alkyl or cyclic N) is 1. The van der Waals surface area contributed by atoms with E-state index in [1.807, 2.05) is 9.91 Å². The molecule has 0 saturated carbocycles. The van der Waals surface area contributed by atoms with E-state index in [0.717, 1.165) is 58.3 Å². The Bertz CT molecular complexity index is 965. The van der Waals surface area contributed by atoms with Crippen LogP contribution in [0.3, 0.4) is 0 Å². The Morgan fingerprint density at radius 1 is 0.806 bits per heavy atom. The summed E-state index contributed by atoms with van der Waals surface area (Å²) in [7, 11) is 0. The molecular formula is C29H39ClN4O2. The Balaban J connectivity index is 0.00000304. The van der Waals surface area contributed by atoms with Crippen molar-refractivity contribution in [2.75, 3.05) is 45.9 Å². The van der Waals surface area contributed by atoms with Crippen LogP contribution in [0.5, 0.6) is 0 Å². The third-order valence-corrected chi connectivity index (χ3v) is 7.74. The van der Waals surface area contributed by atoms with Crippen molar-refractivity contribution in [1.82, 2.24) is 19.8 Å². The van der Waals surface area contributed by atoms with Crippen molar-refractivity contribution < 1.29 is 9.90 Å². The molecule has 3 aliphatic heterocycles. The minimum atomic E-state index is 0. The number of rotatable bonds is 7. The van der Waals surface area contributed by atoms with Crippen LogP contribution < -0.4 is 0 Å². The van der Waals surface area contributed by atoms with Gasteiger partial charge in [0.25, 0.3) is 0 Å². The van der Waals surface area contributed by atoms with Gasteiger partial charge in [-0.1, -0.05) is 72.7 Å². The second-order valence-corrected chi connectivity index (χ2v) is 9.87. The number of nitrogens with zero attached hydrogens (tertiary/aromatic N) is 4. The number of carbonyl (C=O) groups is 1. The number of halogens is 1. The summed E-state index contributed by atoms with van der Waals surface area (Å²) in [5.74, 6) is 0. The summed E-state index contributed by atoms with van der Waals surface area (Å²) >= 11 is 0. The van der Waals surface area contributed by atoms with Gasteiger partial charge in [0.2, 0.25) is 0 Å². The zero-order valence-electron chi connectivity index (χ0n) is 21.1. The normalized spacial score (nSPS) is 21.2. The monoisotopic (exact) mass is 510 g/mol. The number of hydrogen-bond donors (Lipinski definition) is 1. The van der Waals surface area contributed by atoms with Crippen LogP contribution in [0.15, 0.2) is 66.2 Å². The summed E-state index contributed by atoms with van der Waals surface area (Å²) in [5, 5.41) is 13.7. The molecule has 2 aromatic carbocycles. The first-order valence-corrected chi connectivity index (χ1v) is 13.3. The van der Waals surface area contributed by atoms with Crippen LogP contribution >= 0.6 is 12.4 Å². The average Bonchev–Trinajstić information content (AvgIpc) is 3.05. The summed E-state index contributed by atoms with van der Waals surface area (Å²) in [6, 6.07) is 21.6. The third-order valence-electron chi connectivity index (χ3n) is 7.74. The zero-order chi connectivity index (χ0) is 24.0. The number of hydrazine groups is 1. The highest BCUT2D eigenvalue weighted by atomic mass is 35.5. The van der Waals surface area contributed by atoms with Crippen LogP contribution in [0.25, 0.3) is 5.57 Å². The molecule has 1 unspecified atom stereocenters. The number of piperidine rings is 1. The van der Waals surface area contributed by atoms with Gasteiger partial charge in [-0.15, -0.1) is 12.4 Å². The molecule has 0 bridgehead atoms. The summed E-state index contributed by atoms with van der Waals surface area (Å²) < 4.78 is 0. The Morgan fingerprint density at radius 3 is 2.06 bits per heavy atom. The Hall–Kier alpha value is -2.38. The summed E-state index contributed by atoms with van der Waals surface area (Å²) in [6.07, 6.45) is 6.62. The maximum atomic E-state index is 13.2. The molecule has 5 rings (SSSR count). The van der Waals surface area contributed by atoms with Gasteiger partial charge in [-0.25, -0.2) is 4.79 Å². The Morgan fingerprint density at radius 2 is 1.44 bits per heavy atom. The van der Waals surface area contributed by atoms with E-state index in [0.29, 0.717) is 13.1 Å². The lowest BCUT2D eigenvalue weighted by molar-refractivity contribution is -0.0148. The first-order chi connectivity index (χ1) is 17.3. The molecule has 2 amide bonds. The highest BCUT2D eigenvalue weighted by Gasteiger charge is 2.43. The lowest BCUT2D eigenvalue weighted by Gasteiger charge is -2.34. The molecule has 7 heteroatoms. The molecule has 3 heterocycles. The number of benzene rings is 2. The number of aliphatic hydroxyl groups excluding tert-OH is 1. The van der Waals surface area contributed by atoms with Crippen LogP contribution in [0.1, 0.15) is 49.7 Å². The van der Waals surface area contributed by atoms with E-state index in [1.165, 1.54) is 28.7 Å². The second-order valence-electron chi connectivity index (χ2n) is 9.87. The molecule has 194 valence electrons. The minimum Gasteiger partial charge on any atom is -0.395 e. The van der Waals surface area contributed by atoms with Gasteiger partial charge in [0.15, 0.2) is 0 Å². The fourth-order valence-corrected chi connectivity index (χ4v) is 5.96. The topological polar surface area (TPSA) is 50.3 Å². The molecule has 0 spiro atoms. The highest BCUT2D eigenvalue weighted by molar-refractivity contribution is 5.85. The van der Waals surface area contributed by atoms with Crippen molar-refractivity contribution >= 4 is 24.0 Å². The first-order valence-electron chi connectivity index (χ1n) is 13.3. The van der Waals surface area contributed by atoms with E-state index in [4.69, 9.17) is 0 Å². The summed E-state index contributed by atoms with van der Waals surface area (Å²) in [6.45, 7) is 5.01. The van der Waals surface area contributed by atoms with Gasteiger partial charge in [0.1, 0.15) is 6.17 Å². The lowest BCUT2D eigenvalue weighted by Crippen LogP contribution is -2.47. The Kier molecular flexibility index (Phi) is 9.43. The zero-order valence-corrected chi connectivity index (χ0v) is 21.9. The van der Waals surface area contributed by atoms with E-state index in [9.17, 15) is 9.90 Å². The van der Waals surface area contributed by atoms with Crippen LogP contribution in [0.4, 0.5) is 4.79 Å². The standard InChI is InChI=1S/C29H38N4O2.ClH/c34-23-22-32-27-14-8-3-9-17-31(27)29(35)33(32)21-20-30-18-15-26(16-19-30)28(24-10-4-1-5-11-24)25-12-6-2-7-13-25;/h1-2,4-7,10-13,27,34H,3,8-9,14-23H2;1H. The highest BCUT2D eigenvalue weighted by Crippen LogP contribution is 2.33. The van der Waals surface area contributed by atoms with Crippen molar-refractivity contribution in [3.05, 3.63) is 77.4 Å². The maximum Gasteiger partial charge on any atom is 0.335 e. The van der Waals surface area contributed by atoms with Gasteiger partial charge < -0.3 is 14.9 Å². The minimum absolute atomic E-state index is 0. The SMILES string of the molecule is Cl.O=C1N2CCCCCC2N(CCO)N1CCN1CCC(=C(c2ccccc2)c2ccccc2)CC1. The van der Waals surface area contributed by atoms with Crippen molar-refractivity contribution in [2.24, 2.45) is 0 Å². The van der Waals surface area contributed by atoms with Crippen molar-refractivity contribution in [1.29, 1.82) is 0 Å². The van der Waals surface area contributed by atoms with Crippen LogP contribution in [0, 0.1) is 0 Å². The van der Waals surface area contributed by atoms with Gasteiger partial charge in [-0.05, 0) is 48.8 Å². The smallest absolute Gasteiger partial charge is 0.335 e. The number of aliphatic hydroxyl groups is 1. The number of urea groups is 1. The fourth-order valence-electron chi connectivity index (χ4n) is 5.96. The predicted molar refractivity (Wildman–Crippen MR) is 147 cm³/mol. The van der Waals surface area contributed by atoms with Gasteiger partial charge >= 0.3 is 6.03 Å². The predicted octanol–water partition coefficient (Wildman–Crippen LogP) is 4.85. The maximum absolute atomic E-state index is 13.2. The molecule has 0 radical (unpaired) electrons. The molecule has 6 nitrogen and oxygen atoms in total. The molecule has 0 aliphatic carbocycles. The number of amides is 2. The van der Waals surface area contributed by atoms with E-state index < -0.39 is 0 Å². The molecule has 1 N–H and O–H groups in total. The molecule has 3 fully saturated rings. The third kappa shape index (κ3) is 5.78. The van der Waals surface area contributed by atoms with Gasteiger partial charge in [0, 0.05) is 32.7 Å². The summed E-state index contributed by atoms with van der Waals surface area (Å²) in [4.78, 5) is 17.7. The number of carbonyl (C=O) groups excluding carboxylic acids is 1. The quantitative estimate of drug-likeness (QED) is 0.578. The molecular weight excluding hydrogens is 472 g/mol. The fraction of sp³-hybridized carbons (Fsp3) is 0.483. The van der Waals surface area contributed by atoms with Gasteiger partial charge in [-0.3, -0.25) is 5.01 Å². The van der Waals surface area contributed by atoms with Gasteiger partial charge in [0.05, 0.1) is 13.2 Å². The second kappa shape index (κ2) is 12.7. The molecule has 1 atom stereocenters. The van der Waals surface area contributed by atoms with Crippen molar-refractivity contribution in [3.63, 3.8) is 0 Å². The van der Waals surface area contributed by atoms with E-state index >= 15 is 0 Å². The van der Waals surface area contributed by atoms with E-state index in [-0.39, 0.29) is 31.2 Å². The van der Waals surface area contributed by atoms with Crippen LogP contribution in [0.2, 0.25) is 0 Å². The molecule has 36 heavy (non-hydrogen) atoms. The summed E-state index contributed by atoms with van der Waals surface area (Å²) in [5.41, 5.74) is 5.47. The Labute approximate surface area is 221 Å². The van der Waals surface area contributed by atoms with Crippen molar-refractivity contribution in [3.8, 4) is 0 Å². The number of likely N-dealkylation sites (tertiary alicyclic amines) is 1. The molecule has 2 aromatic rings. The van der Waals surface area contributed by atoms with Crippen molar-refractivity contribution in [2.45, 2.75) is 44.7 Å². The number of fused-ring (bicyclic) bond motifs is 1. The van der Waals surface area contributed by atoms with E-state index in [2.05, 4.69) is 70.6 Å². The largest absolute Gasteiger partial charge is 0.395 e. The molecule has 3 aliphatic rings.